The number of hydroxylamine groups is 1. The molecule has 2 N–H and O–H groups in total. The summed E-state index contributed by atoms with van der Waals surface area (Å²) in [6, 6.07) is 4.91. The van der Waals surface area contributed by atoms with Gasteiger partial charge in [0.05, 0.1) is 11.6 Å². The molecule has 7 nitrogen and oxygen atoms in total. The van der Waals surface area contributed by atoms with Gasteiger partial charge in [-0.2, -0.15) is 13.5 Å². The third kappa shape index (κ3) is 4.75. The fourth-order valence-electron chi connectivity index (χ4n) is 3.64. The number of rotatable bonds is 2. The third-order valence-corrected chi connectivity index (χ3v) is 5.11. The highest BCUT2D eigenvalue weighted by molar-refractivity contribution is 7.59. The van der Waals surface area contributed by atoms with Crippen LogP contribution < -0.4 is 10.2 Å². The molecule has 2 aliphatic heterocycles. The number of nitrogens with zero attached hydrogens (tertiary/aromatic N) is 1. The molecule has 2 heterocycles. The highest BCUT2D eigenvalue weighted by Crippen LogP contribution is 2.33. The van der Waals surface area contributed by atoms with Crippen LogP contribution in [-0.4, -0.2) is 46.8 Å². The monoisotopic (exact) mass is 396 g/mol. The minimum Gasteiger partial charge on any atom is -0.491 e. The Balaban J connectivity index is 0.00000261. The average molecular weight is 397 g/mol. The van der Waals surface area contributed by atoms with Crippen molar-refractivity contribution in [1.29, 1.82) is 0 Å². The van der Waals surface area contributed by atoms with E-state index in [4.69, 9.17) is 14.7 Å². The number of carbonyl (C=O) groups is 2. The summed E-state index contributed by atoms with van der Waals surface area (Å²) in [6.07, 6.45) is 1.44. The number of ether oxygens (including phenoxy) is 2. The number of carbonyl (C=O) groups excluding carboxylic acids is 2. The summed E-state index contributed by atoms with van der Waals surface area (Å²) < 4.78 is 11.6. The molecule has 0 bridgehead atoms. The van der Waals surface area contributed by atoms with Gasteiger partial charge in [-0.3, -0.25) is 14.8 Å². The van der Waals surface area contributed by atoms with E-state index >= 15 is 0 Å². The van der Waals surface area contributed by atoms with Crippen molar-refractivity contribution in [1.82, 2.24) is 10.4 Å². The van der Waals surface area contributed by atoms with E-state index in [1.807, 2.05) is 25.7 Å². The molecule has 1 unspecified atom stereocenters. The molecule has 150 valence electrons. The van der Waals surface area contributed by atoms with E-state index in [1.165, 1.54) is 0 Å². The van der Waals surface area contributed by atoms with E-state index in [0.717, 1.165) is 12.0 Å². The highest BCUT2D eigenvalue weighted by atomic mass is 32.1. The number of benzene rings is 1. The van der Waals surface area contributed by atoms with Crippen molar-refractivity contribution in [2.24, 2.45) is 5.92 Å². The molecule has 2 atom stereocenters. The van der Waals surface area contributed by atoms with E-state index < -0.39 is 5.91 Å². The predicted molar refractivity (Wildman–Crippen MR) is 104 cm³/mol. The molecule has 3 rings (SSSR count). The van der Waals surface area contributed by atoms with Crippen LogP contribution in [0.3, 0.4) is 0 Å². The fourth-order valence-corrected chi connectivity index (χ4v) is 3.64. The smallest absolute Gasteiger partial charge is 0.274 e. The first-order valence-corrected chi connectivity index (χ1v) is 8.95. The molecule has 1 fully saturated rings. The van der Waals surface area contributed by atoms with Gasteiger partial charge < -0.3 is 14.4 Å². The maximum Gasteiger partial charge on any atom is 0.274 e. The average Bonchev–Trinajstić information content (AvgIpc) is 2.78. The van der Waals surface area contributed by atoms with Crippen molar-refractivity contribution in [3.63, 3.8) is 0 Å². The van der Waals surface area contributed by atoms with E-state index in [2.05, 4.69) is 0 Å². The lowest BCUT2D eigenvalue weighted by Gasteiger charge is -2.38. The normalized spacial score (nSPS) is 23.9. The van der Waals surface area contributed by atoms with Crippen molar-refractivity contribution in [2.75, 3.05) is 13.2 Å². The van der Waals surface area contributed by atoms with Crippen LogP contribution in [0.4, 0.5) is 0 Å². The second kappa shape index (κ2) is 8.50. The van der Waals surface area contributed by atoms with E-state index in [9.17, 15) is 9.59 Å². The van der Waals surface area contributed by atoms with Gasteiger partial charge in [0.2, 0.25) is 5.91 Å². The SMILES string of the molecule is C[C@H]1COc2cc(C(=O)NO)ccc2CN1C(=O)C1CCOC(C)(C)C1.S. The summed E-state index contributed by atoms with van der Waals surface area (Å²) in [5.74, 6) is 0.0521. The minimum absolute atomic E-state index is 0. The maximum atomic E-state index is 13.2. The number of nitrogens with one attached hydrogen (secondary N) is 1. The Morgan fingerprint density at radius 1 is 1.33 bits per heavy atom. The van der Waals surface area contributed by atoms with E-state index in [-0.39, 0.29) is 37.0 Å². The third-order valence-electron chi connectivity index (χ3n) is 5.11. The van der Waals surface area contributed by atoms with Gasteiger partial charge in [0.25, 0.3) is 5.91 Å². The van der Waals surface area contributed by atoms with Gasteiger partial charge in [0, 0.05) is 30.2 Å². The van der Waals surface area contributed by atoms with E-state index in [0.29, 0.717) is 37.5 Å². The highest BCUT2D eigenvalue weighted by Gasteiger charge is 2.37. The lowest BCUT2D eigenvalue weighted by Crippen LogP contribution is -2.47. The van der Waals surface area contributed by atoms with Gasteiger partial charge in [0.1, 0.15) is 12.4 Å². The molecule has 2 aliphatic rings. The van der Waals surface area contributed by atoms with Crippen molar-refractivity contribution < 1.29 is 24.3 Å². The predicted octanol–water partition coefficient (Wildman–Crippen LogP) is 2.23. The molecule has 0 spiro atoms. The molecular formula is C19H28N2O5S. The summed E-state index contributed by atoms with van der Waals surface area (Å²) in [4.78, 5) is 26.6. The van der Waals surface area contributed by atoms with Crippen LogP contribution in [0.25, 0.3) is 0 Å². The van der Waals surface area contributed by atoms with Crippen LogP contribution >= 0.6 is 13.5 Å². The Morgan fingerprint density at radius 2 is 2.07 bits per heavy atom. The molecule has 1 aromatic rings. The van der Waals surface area contributed by atoms with Crippen LogP contribution in [0.1, 0.15) is 49.5 Å². The standard InChI is InChI=1S/C19H26N2O5.H2S/c1-12-11-25-16-8-13(17(22)20-24)4-5-15(16)10-21(12)18(23)14-6-7-26-19(2,3)9-14;/h4-5,8,12,14,24H,6-7,9-11H2,1-3H3,(H,20,22);1H2/t12-,14?;/m0./s1. The lowest BCUT2D eigenvalue weighted by atomic mass is 9.87. The van der Waals surface area contributed by atoms with Gasteiger partial charge in [-0.05, 0) is 45.7 Å². The summed E-state index contributed by atoms with van der Waals surface area (Å²) >= 11 is 0. The quantitative estimate of drug-likeness (QED) is 0.591. The second-order valence-electron chi connectivity index (χ2n) is 7.69. The molecule has 1 saturated heterocycles. The zero-order valence-corrected chi connectivity index (χ0v) is 16.9. The number of hydrogen-bond acceptors (Lipinski definition) is 5. The fraction of sp³-hybridized carbons (Fsp3) is 0.579. The molecule has 0 radical (unpaired) electrons. The van der Waals surface area contributed by atoms with Crippen molar-refractivity contribution >= 4 is 25.3 Å². The largest absolute Gasteiger partial charge is 0.491 e. The Bertz CT molecular complexity index is 709. The van der Waals surface area contributed by atoms with Crippen molar-refractivity contribution in [3.05, 3.63) is 29.3 Å². The number of fused-ring (bicyclic) bond motifs is 1. The van der Waals surface area contributed by atoms with Gasteiger partial charge in [0.15, 0.2) is 0 Å². The molecule has 0 aliphatic carbocycles. The van der Waals surface area contributed by atoms with Crippen LogP contribution in [0, 0.1) is 5.92 Å². The van der Waals surface area contributed by atoms with Crippen molar-refractivity contribution in [2.45, 2.75) is 51.8 Å². The first kappa shape index (κ1) is 21.5. The van der Waals surface area contributed by atoms with Gasteiger partial charge >= 0.3 is 0 Å². The first-order chi connectivity index (χ1) is 12.3. The van der Waals surface area contributed by atoms with Crippen molar-refractivity contribution in [3.8, 4) is 5.75 Å². The molecule has 1 aromatic carbocycles. The molecule has 2 amide bonds. The Labute approximate surface area is 166 Å². The summed E-state index contributed by atoms with van der Waals surface area (Å²) in [5.41, 5.74) is 2.50. The molecule has 8 heteroatoms. The lowest BCUT2D eigenvalue weighted by molar-refractivity contribution is -0.148. The van der Waals surface area contributed by atoms with Gasteiger partial charge in [-0.25, -0.2) is 5.48 Å². The minimum atomic E-state index is -0.592. The molecular weight excluding hydrogens is 368 g/mol. The maximum absolute atomic E-state index is 13.2. The first-order valence-electron chi connectivity index (χ1n) is 8.95. The van der Waals surface area contributed by atoms with Crippen LogP contribution in [-0.2, 0) is 16.1 Å². The van der Waals surface area contributed by atoms with E-state index in [1.54, 1.807) is 23.7 Å². The summed E-state index contributed by atoms with van der Waals surface area (Å²) in [6.45, 7) is 7.40. The molecule has 0 saturated carbocycles. The number of hydrogen-bond donors (Lipinski definition) is 2. The molecule has 0 aromatic heterocycles. The molecule has 27 heavy (non-hydrogen) atoms. The zero-order valence-electron chi connectivity index (χ0n) is 15.9. The topological polar surface area (TPSA) is 88.1 Å². The Morgan fingerprint density at radius 3 is 2.74 bits per heavy atom. The Kier molecular flexibility index (Phi) is 6.77. The second-order valence-corrected chi connectivity index (χ2v) is 7.69. The summed E-state index contributed by atoms with van der Waals surface area (Å²) in [7, 11) is 0. The summed E-state index contributed by atoms with van der Waals surface area (Å²) in [5, 5.41) is 8.79. The van der Waals surface area contributed by atoms with Crippen LogP contribution in [0.2, 0.25) is 0 Å². The number of amides is 2. The van der Waals surface area contributed by atoms with Crippen LogP contribution in [0.5, 0.6) is 5.75 Å². The Hall–Kier alpha value is -1.77. The van der Waals surface area contributed by atoms with Gasteiger partial charge in [-0.15, -0.1) is 0 Å². The zero-order chi connectivity index (χ0) is 18.9. The van der Waals surface area contributed by atoms with Crippen LogP contribution in [0.15, 0.2) is 18.2 Å². The van der Waals surface area contributed by atoms with Gasteiger partial charge in [-0.1, -0.05) is 6.07 Å².